The maximum Gasteiger partial charge on any atom is 2.00 e. The Hall–Kier alpha value is -8.39. The molecule has 0 atom stereocenters. The molecule has 0 nitrogen and oxygen atoms in total. The fourth-order valence-corrected chi connectivity index (χ4v) is 9.85. The average Bonchev–Trinajstić information content (AvgIpc) is 4.42. The maximum absolute atomic E-state index is 4.02. The summed E-state index contributed by atoms with van der Waals surface area (Å²) in [5.41, 5.74) is 18.8. The summed E-state index contributed by atoms with van der Waals surface area (Å²) in [6, 6.07) is 108. The Balaban J connectivity index is 0.000000651. The van der Waals surface area contributed by atoms with Crippen molar-refractivity contribution in [3.63, 3.8) is 0 Å². The zero-order valence-corrected chi connectivity index (χ0v) is 46.7. The van der Waals surface area contributed by atoms with Gasteiger partial charge in [0.15, 0.2) is 0 Å². The molecule has 2 saturated carbocycles. The van der Waals surface area contributed by atoms with Crippen molar-refractivity contribution in [2.24, 2.45) is 0 Å². The van der Waals surface area contributed by atoms with Crippen LogP contribution in [0.2, 0.25) is 0 Å². The minimum atomic E-state index is 0. The van der Waals surface area contributed by atoms with Gasteiger partial charge in [0.1, 0.15) is 0 Å². The van der Waals surface area contributed by atoms with Gasteiger partial charge in [-0.3, -0.25) is 0 Å². The van der Waals surface area contributed by atoms with Crippen LogP contribution in [0.4, 0.5) is 0 Å². The molecule has 2 aliphatic rings. The van der Waals surface area contributed by atoms with E-state index in [2.05, 4.69) is 315 Å². The maximum atomic E-state index is 4.02. The summed E-state index contributed by atoms with van der Waals surface area (Å²) in [7, 11) is 0. The van der Waals surface area contributed by atoms with Gasteiger partial charge in [0.2, 0.25) is 0 Å². The number of benzene rings is 10. The summed E-state index contributed by atoms with van der Waals surface area (Å²) >= 11 is 0. The van der Waals surface area contributed by atoms with Gasteiger partial charge in [0.25, 0.3) is 0 Å². The molecule has 0 saturated heterocycles. The molecule has 0 N–H and O–H groups in total. The smallest absolute Gasteiger partial charge is 0.123 e. The van der Waals surface area contributed by atoms with Crippen LogP contribution in [0.5, 0.6) is 0 Å². The van der Waals surface area contributed by atoms with Crippen LogP contribution in [-0.2, 0) is 21.7 Å². The third-order valence-corrected chi connectivity index (χ3v) is 13.4. The quantitative estimate of drug-likeness (QED) is 0.0441. The van der Waals surface area contributed by atoms with Crippen LogP contribution in [0.15, 0.2) is 303 Å². The Morgan fingerprint density at radius 3 is 0.506 bits per heavy atom. The minimum absolute atomic E-state index is 0. The molecule has 10 aromatic carbocycles. The van der Waals surface area contributed by atoms with Crippen LogP contribution in [0.3, 0.4) is 0 Å². The van der Waals surface area contributed by atoms with E-state index in [0.29, 0.717) is 0 Å². The molecule has 1 heteroatoms. The Morgan fingerprint density at radius 1 is 0.160 bits per heavy atom. The molecule has 384 valence electrons. The second-order valence-corrected chi connectivity index (χ2v) is 18.8. The average molecular weight is 1070 g/mol. The predicted octanol–water partition coefficient (Wildman–Crippen LogP) is 19.7. The first kappa shape index (κ1) is 57.3. The predicted molar refractivity (Wildman–Crippen MR) is 339 cm³/mol. The molecule has 0 amide bonds. The normalized spacial score (nSPS) is 14.1. The van der Waals surface area contributed by atoms with E-state index in [1.807, 2.05) is 64.2 Å². The summed E-state index contributed by atoms with van der Waals surface area (Å²) in [6.45, 7) is 0. The number of hydrogen-bond acceptors (Lipinski definition) is 0. The molecular weight excluding hydrogens is 1010 g/mol. The molecule has 2 aliphatic carbocycles. The van der Waals surface area contributed by atoms with Crippen molar-refractivity contribution in [2.45, 2.75) is 0 Å². The van der Waals surface area contributed by atoms with Crippen LogP contribution in [0.1, 0.15) is 55.6 Å². The van der Waals surface area contributed by atoms with E-state index in [1.165, 1.54) is 0 Å². The van der Waals surface area contributed by atoms with E-state index in [-0.39, 0.29) is 21.7 Å². The van der Waals surface area contributed by atoms with Gasteiger partial charge in [-0.15, -0.1) is 58.7 Å². The Morgan fingerprint density at radius 2 is 0.309 bits per heavy atom. The topological polar surface area (TPSA) is 0 Å². The molecule has 0 unspecified atom stereocenters. The van der Waals surface area contributed by atoms with Crippen molar-refractivity contribution < 1.29 is 21.7 Å². The standard InChI is InChI=1S/C70H50.2C5H5.Ti/c1-11-31-53(32-12-1)51-63(55-35-15-3-16-36-55)65(57-39-19-5-20-40-57)67(59-43-23-7-24-44-59)69(61-47-27-9-28-48-61)70(62-49-29-10-30-50-62)68(60-45-25-8-26-46-60)66(58-41-21-6-22-42-58)64(56-37-17-4-18-38-56)52-54-33-13-2-14-34-54;2*1-2-4-5-3-1;/h1-50H;2*1-5H;/q-2;;;+2/b67-65+,68-66+,70-69-;;;. The fourth-order valence-electron chi connectivity index (χ4n) is 9.85. The molecular formula is C80H60Ti. The second kappa shape index (κ2) is 30.8. The van der Waals surface area contributed by atoms with E-state index in [4.69, 9.17) is 0 Å². The van der Waals surface area contributed by atoms with Crippen LogP contribution < -0.4 is 0 Å². The van der Waals surface area contributed by atoms with Crippen molar-refractivity contribution in [3.05, 3.63) is 435 Å². The van der Waals surface area contributed by atoms with Crippen LogP contribution in [0.25, 0.3) is 44.6 Å². The molecule has 2 fully saturated rings. The Labute approximate surface area is 498 Å². The van der Waals surface area contributed by atoms with Crippen molar-refractivity contribution in [3.8, 4) is 0 Å². The van der Waals surface area contributed by atoms with Gasteiger partial charge in [0.05, 0.1) is 0 Å². The fraction of sp³-hybridized carbons (Fsp3) is 0. The molecule has 10 aromatic rings. The van der Waals surface area contributed by atoms with Crippen LogP contribution >= 0.6 is 0 Å². The molecule has 10 radical (unpaired) electrons. The van der Waals surface area contributed by atoms with Crippen molar-refractivity contribution in [1.29, 1.82) is 0 Å². The molecule has 0 spiro atoms. The third kappa shape index (κ3) is 15.5. The summed E-state index contributed by atoms with van der Waals surface area (Å²) in [4.78, 5) is 0. The number of allylic oxidation sites excluding steroid dienone is 8. The first-order valence-electron chi connectivity index (χ1n) is 27.2. The summed E-state index contributed by atoms with van der Waals surface area (Å²) in [6.07, 6.45) is 28.0. The zero-order chi connectivity index (χ0) is 54.2. The van der Waals surface area contributed by atoms with Crippen molar-refractivity contribution in [2.75, 3.05) is 0 Å². The number of hydrogen-bond donors (Lipinski definition) is 0. The van der Waals surface area contributed by atoms with E-state index in [0.717, 1.165) is 100 Å². The number of rotatable bonds is 14. The summed E-state index contributed by atoms with van der Waals surface area (Å²) < 4.78 is 0. The van der Waals surface area contributed by atoms with Crippen molar-refractivity contribution in [1.82, 2.24) is 0 Å². The van der Waals surface area contributed by atoms with Crippen LogP contribution in [0, 0.1) is 76.4 Å². The molecule has 12 rings (SSSR count). The van der Waals surface area contributed by atoms with Gasteiger partial charge in [-0.25, -0.2) is 0 Å². The van der Waals surface area contributed by atoms with Crippen LogP contribution in [-0.4, -0.2) is 0 Å². The zero-order valence-electron chi connectivity index (χ0n) is 45.1. The van der Waals surface area contributed by atoms with E-state index < -0.39 is 0 Å². The van der Waals surface area contributed by atoms with E-state index >= 15 is 0 Å². The van der Waals surface area contributed by atoms with Gasteiger partial charge >= 0.3 is 21.7 Å². The molecule has 0 aromatic heterocycles. The molecule has 0 heterocycles. The van der Waals surface area contributed by atoms with Crippen molar-refractivity contribution >= 4 is 44.6 Å². The molecule has 0 bridgehead atoms. The molecule has 0 aliphatic heterocycles. The Bertz CT molecular complexity index is 3330. The monoisotopic (exact) mass is 1070 g/mol. The van der Waals surface area contributed by atoms with E-state index in [1.54, 1.807) is 0 Å². The van der Waals surface area contributed by atoms with Gasteiger partial charge in [-0.1, -0.05) is 312 Å². The third-order valence-electron chi connectivity index (χ3n) is 13.4. The minimum Gasteiger partial charge on any atom is -0.123 e. The van der Waals surface area contributed by atoms with E-state index in [9.17, 15) is 0 Å². The van der Waals surface area contributed by atoms with Gasteiger partial charge in [-0.2, -0.15) is 0 Å². The summed E-state index contributed by atoms with van der Waals surface area (Å²) in [5, 5.41) is 0. The van der Waals surface area contributed by atoms with Gasteiger partial charge < -0.3 is 0 Å². The largest absolute Gasteiger partial charge is 2.00 e. The Kier molecular flexibility index (Phi) is 21.8. The second-order valence-electron chi connectivity index (χ2n) is 18.8. The van der Waals surface area contributed by atoms with Gasteiger partial charge in [-0.05, 0) is 109 Å². The first-order valence-corrected chi connectivity index (χ1v) is 27.2. The first-order chi connectivity index (χ1) is 39.8. The van der Waals surface area contributed by atoms with Gasteiger partial charge in [0, 0.05) is 0 Å². The summed E-state index contributed by atoms with van der Waals surface area (Å²) in [5.74, 6) is 0. The molecule has 81 heavy (non-hydrogen) atoms. The SMILES string of the molecule is [C-](=C(/C(=C(/C(=C(\C(=C(\C(=[C-]c1ccccc1)c1ccccc1)c1ccccc1)c1ccccc1)c1ccccc1)c1ccccc1)c1ccccc1)c1ccccc1)c1ccccc1)c1ccccc1.[CH]1[CH][CH][CH][CH]1.[CH]1[CH][CH][CH][CH]1.[Ti+2].